The number of hydrogen-bond acceptors (Lipinski definition) is 5. The van der Waals surface area contributed by atoms with Crippen LogP contribution in [0, 0.1) is 0 Å². The first-order valence-electron chi connectivity index (χ1n) is 7.98. The highest BCUT2D eigenvalue weighted by atomic mass is 35.5. The van der Waals surface area contributed by atoms with Crippen molar-refractivity contribution in [3.8, 4) is 11.5 Å². The lowest BCUT2D eigenvalue weighted by Crippen LogP contribution is -2.30. The van der Waals surface area contributed by atoms with Gasteiger partial charge in [0.1, 0.15) is 0 Å². The van der Waals surface area contributed by atoms with Crippen molar-refractivity contribution in [3.63, 3.8) is 0 Å². The summed E-state index contributed by atoms with van der Waals surface area (Å²) in [5.41, 5.74) is 1.48. The van der Waals surface area contributed by atoms with Crippen LogP contribution >= 0.6 is 12.4 Å². The Bertz CT molecular complexity index is 638. The fourth-order valence-corrected chi connectivity index (χ4v) is 2.28. The quantitative estimate of drug-likeness (QED) is 0.829. The molecule has 0 radical (unpaired) electrons. The van der Waals surface area contributed by atoms with Crippen LogP contribution in [0.3, 0.4) is 0 Å². The van der Waals surface area contributed by atoms with E-state index in [0.29, 0.717) is 36.8 Å². The van der Waals surface area contributed by atoms with Gasteiger partial charge in [-0.3, -0.25) is 4.79 Å². The number of benzene rings is 1. The van der Waals surface area contributed by atoms with Crippen molar-refractivity contribution >= 4 is 18.3 Å². The zero-order chi connectivity index (χ0) is 16.8. The summed E-state index contributed by atoms with van der Waals surface area (Å²) in [7, 11) is 1.90. The second-order valence-corrected chi connectivity index (χ2v) is 5.46. The van der Waals surface area contributed by atoms with Gasteiger partial charge in [-0.25, -0.2) is 0 Å². The van der Waals surface area contributed by atoms with Gasteiger partial charge in [0.2, 0.25) is 0 Å². The van der Waals surface area contributed by atoms with E-state index in [0.717, 1.165) is 5.56 Å². The molecule has 1 amide bonds. The first kappa shape index (κ1) is 20.1. The lowest BCUT2D eigenvalue weighted by atomic mass is 10.1. The summed E-state index contributed by atoms with van der Waals surface area (Å²) in [6.07, 6.45) is 0.707. The molecule has 0 aliphatic carbocycles. The standard InChI is InChI=1S/C17H24N4O2.ClH/c1-5-21(6-2)17(22)14-9-7-13(8-10-14)16-19-15(20-23-16)11-12(3)18-4;/h7-10,12,18H,5-6,11H2,1-4H3;1H. The normalized spacial score (nSPS) is 11.7. The van der Waals surface area contributed by atoms with Gasteiger partial charge in [-0.2, -0.15) is 4.98 Å². The second-order valence-electron chi connectivity index (χ2n) is 5.46. The minimum atomic E-state index is 0. The van der Waals surface area contributed by atoms with E-state index in [1.54, 1.807) is 17.0 Å². The average Bonchev–Trinajstić information content (AvgIpc) is 3.04. The summed E-state index contributed by atoms with van der Waals surface area (Å²) in [5, 5.41) is 7.13. The summed E-state index contributed by atoms with van der Waals surface area (Å²) in [5.74, 6) is 1.19. The highest BCUT2D eigenvalue weighted by molar-refractivity contribution is 5.94. The molecule has 1 unspecified atom stereocenters. The monoisotopic (exact) mass is 352 g/mol. The maximum absolute atomic E-state index is 12.3. The molecule has 1 N–H and O–H groups in total. The lowest BCUT2D eigenvalue weighted by molar-refractivity contribution is 0.0773. The Balaban J connectivity index is 0.00000288. The molecule has 1 atom stereocenters. The Hall–Kier alpha value is -1.92. The average molecular weight is 353 g/mol. The van der Waals surface area contributed by atoms with E-state index in [-0.39, 0.29) is 24.4 Å². The fourth-order valence-electron chi connectivity index (χ4n) is 2.28. The number of nitrogens with zero attached hydrogens (tertiary/aromatic N) is 3. The molecule has 0 bridgehead atoms. The number of halogens is 1. The van der Waals surface area contributed by atoms with Crippen molar-refractivity contribution in [3.05, 3.63) is 35.7 Å². The molecule has 1 heterocycles. The topological polar surface area (TPSA) is 71.3 Å². The van der Waals surface area contributed by atoms with Crippen LogP contribution in [-0.2, 0) is 6.42 Å². The number of aromatic nitrogens is 2. The van der Waals surface area contributed by atoms with Crippen molar-refractivity contribution in [2.24, 2.45) is 0 Å². The van der Waals surface area contributed by atoms with Crippen LogP contribution in [0.1, 0.15) is 37.0 Å². The molecule has 1 aromatic heterocycles. The SMILES string of the molecule is CCN(CC)C(=O)c1ccc(-c2nc(CC(C)NC)no2)cc1.Cl. The molecule has 0 aliphatic heterocycles. The Morgan fingerprint density at radius 2 is 1.88 bits per heavy atom. The molecule has 0 aliphatic rings. The van der Waals surface area contributed by atoms with Crippen molar-refractivity contribution in [1.82, 2.24) is 20.4 Å². The summed E-state index contributed by atoms with van der Waals surface area (Å²) in [6.45, 7) is 7.41. The van der Waals surface area contributed by atoms with Crippen molar-refractivity contribution in [1.29, 1.82) is 0 Å². The summed E-state index contributed by atoms with van der Waals surface area (Å²) < 4.78 is 5.30. The molecule has 0 spiro atoms. The number of carbonyl (C=O) groups excluding carboxylic acids is 1. The van der Waals surface area contributed by atoms with Crippen LogP contribution in [-0.4, -0.2) is 47.1 Å². The number of nitrogens with one attached hydrogen (secondary N) is 1. The molecule has 2 rings (SSSR count). The molecular formula is C17H25ClN4O2. The second kappa shape index (κ2) is 9.39. The van der Waals surface area contributed by atoms with E-state index in [9.17, 15) is 4.79 Å². The summed E-state index contributed by atoms with van der Waals surface area (Å²) in [6, 6.07) is 7.58. The Morgan fingerprint density at radius 3 is 2.42 bits per heavy atom. The smallest absolute Gasteiger partial charge is 0.257 e. The molecular weight excluding hydrogens is 328 g/mol. The zero-order valence-electron chi connectivity index (χ0n) is 14.6. The van der Waals surface area contributed by atoms with E-state index in [4.69, 9.17) is 4.52 Å². The third-order valence-corrected chi connectivity index (χ3v) is 3.88. The van der Waals surface area contributed by atoms with Crippen molar-refractivity contribution in [2.45, 2.75) is 33.2 Å². The van der Waals surface area contributed by atoms with E-state index >= 15 is 0 Å². The Labute approximate surface area is 149 Å². The van der Waals surface area contributed by atoms with Gasteiger partial charge in [-0.15, -0.1) is 12.4 Å². The van der Waals surface area contributed by atoms with Crippen LogP contribution in [0.2, 0.25) is 0 Å². The first-order chi connectivity index (χ1) is 11.1. The Morgan fingerprint density at radius 1 is 1.25 bits per heavy atom. The predicted octanol–water partition coefficient (Wildman–Crippen LogP) is 2.79. The van der Waals surface area contributed by atoms with Crippen LogP contribution in [0.15, 0.2) is 28.8 Å². The van der Waals surface area contributed by atoms with E-state index < -0.39 is 0 Å². The van der Waals surface area contributed by atoms with E-state index in [1.807, 2.05) is 33.0 Å². The lowest BCUT2D eigenvalue weighted by Gasteiger charge is -2.18. The van der Waals surface area contributed by atoms with Crippen molar-refractivity contribution in [2.75, 3.05) is 20.1 Å². The molecule has 7 heteroatoms. The largest absolute Gasteiger partial charge is 0.339 e. The third kappa shape index (κ3) is 4.79. The molecule has 0 saturated heterocycles. The van der Waals surface area contributed by atoms with Gasteiger partial charge in [0.15, 0.2) is 5.82 Å². The molecule has 0 fully saturated rings. The van der Waals surface area contributed by atoms with Crippen LogP contribution in [0.5, 0.6) is 0 Å². The van der Waals surface area contributed by atoms with Gasteiger partial charge in [0, 0.05) is 36.7 Å². The van der Waals surface area contributed by atoms with E-state index in [1.165, 1.54) is 0 Å². The molecule has 0 saturated carbocycles. The van der Waals surface area contributed by atoms with Crippen molar-refractivity contribution < 1.29 is 9.32 Å². The molecule has 1 aromatic carbocycles. The number of likely N-dealkylation sites (N-methyl/N-ethyl adjacent to an activating group) is 1. The minimum absolute atomic E-state index is 0. The first-order valence-corrected chi connectivity index (χ1v) is 7.98. The fraction of sp³-hybridized carbons (Fsp3) is 0.471. The third-order valence-electron chi connectivity index (χ3n) is 3.88. The highest BCUT2D eigenvalue weighted by Crippen LogP contribution is 2.19. The number of carbonyl (C=O) groups is 1. The predicted molar refractivity (Wildman–Crippen MR) is 96.5 cm³/mol. The van der Waals surface area contributed by atoms with Crippen LogP contribution in [0.25, 0.3) is 11.5 Å². The summed E-state index contributed by atoms with van der Waals surface area (Å²) >= 11 is 0. The maximum atomic E-state index is 12.3. The maximum Gasteiger partial charge on any atom is 0.257 e. The van der Waals surface area contributed by atoms with Gasteiger partial charge in [-0.05, 0) is 52.1 Å². The number of rotatable bonds is 7. The van der Waals surface area contributed by atoms with Gasteiger partial charge in [-0.1, -0.05) is 5.16 Å². The molecule has 6 nitrogen and oxygen atoms in total. The Kier molecular flexibility index (Phi) is 7.88. The molecule has 24 heavy (non-hydrogen) atoms. The number of amides is 1. The summed E-state index contributed by atoms with van der Waals surface area (Å²) in [4.78, 5) is 18.5. The van der Waals surface area contributed by atoms with Gasteiger partial charge in [0.25, 0.3) is 11.8 Å². The van der Waals surface area contributed by atoms with E-state index in [2.05, 4.69) is 22.4 Å². The number of hydrogen-bond donors (Lipinski definition) is 1. The molecule has 132 valence electrons. The zero-order valence-corrected chi connectivity index (χ0v) is 15.4. The highest BCUT2D eigenvalue weighted by Gasteiger charge is 2.14. The van der Waals surface area contributed by atoms with Gasteiger partial charge < -0.3 is 14.7 Å². The molecule has 2 aromatic rings. The minimum Gasteiger partial charge on any atom is -0.339 e. The van der Waals surface area contributed by atoms with Gasteiger partial charge >= 0.3 is 0 Å². The van der Waals surface area contributed by atoms with Crippen LogP contribution < -0.4 is 5.32 Å². The van der Waals surface area contributed by atoms with Gasteiger partial charge in [0.05, 0.1) is 0 Å². The van der Waals surface area contributed by atoms with Crippen LogP contribution in [0.4, 0.5) is 0 Å².